The highest BCUT2D eigenvalue weighted by molar-refractivity contribution is 5.81. The summed E-state index contributed by atoms with van der Waals surface area (Å²) in [7, 11) is 1.43. The second-order valence-electron chi connectivity index (χ2n) is 8.20. The topological polar surface area (TPSA) is 76.1 Å². The molecule has 0 aromatic heterocycles. The number of carboxylic acid groups (broad SMARTS) is 1. The zero-order chi connectivity index (χ0) is 23.4. The van der Waals surface area contributed by atoms with Crippen molar-refractivity contribution >= 4 is 12.1 Å². The third kappa shape index (κ3) is 4.76. The largest absolute Gasteiger partial charge is 0.480 e. The molecule has 6 heteroatoms. The molecule has 6 nitrogen and oxygen atoms in total. The summed E-state index contributed by atoms with van der Waals surface area (Å²) in [4.78, 5) is 25.9. The number of rotatable bonds is 8. The number of likely N-dealkylation sites (N-methyl/N-ethyl adjacent to an activating group) is 1. The summed E-state index contributed by atoms with van der Waals surface area (Å²) in [5.74, 6) is -1.24. The molecule has 0 radical (unpaired) electrons. The molecule has 0 saturated heterocycles. The van der Waals surface area contributed by atoms with Crippen LogP contribution >= 0.6 is 0 Å². The van der Waals surface area contributed by atoms with E-state index in [-0.39, 0.29) is 19.1 Å². The first kappa shape index (κ1) is 22.6. The zero-order valence-electron chi connectivity index (χ0n) is 18.7. The fraction of sp³-hybridized carbons (Fsp3) is 0.259. The van der Waals surface area contributed by atoms with Gasteiger partial charge in [-0.25, -0.2) is 9.59 Å². The SMILES string of the molecule is CC(OCc1ccccc1)C(C(=O)O)N(C)C(=O)OCC1c2ccccc2-c2ccccc21. The number of carbonyl (C=O) groups is 2. The molecule has 0 saturated carbocycles. The van der Waals surface area contributed by atoms with Crippen LogP contribution in [0.15, 0.2) is 78.9 Å². The number of carbonyl (C=O) groups excluding carboxylic acids is 1. The summed E-state index contributed by atoms with van der Waals surface area (Å²) in [6.45, 7) is 2.03. The van der Waals surface area contributed by atoms with Gasteiger partial charge < -0.3 is 14.6 Å². The van der Waals surface area contributed by atoms with Crippen LogP contribution in [-0.4, -0.2) is 47.9 Å². The van der Waals surface area contributed by atoms with Gasteiger partial charge in [0.15, 0.2) is 6.04 Å². The van der Waals surface area contributed by atoms with Crippen molar-refractivity contribution in [1.82, 2.24) is 4.90 Å². The molecule has 0 heterocycles. The van der Waals surface area contributed by atoms with Gasteiger partial charge in [0, 0.05) is 13.0 Å². The number of amides is 1. The minimum absolute atomic E-state index is 0.0928. The molecule has 4 rings (SSSR count). The number of nitrogens with zero attached hydrogens (tertiary/aromatic N) is 1. The molecule has 3 aromatic carbocycles. The lowest BCUT2D eigenvalue weighted by Gasteiger charge is -2.29. The average Bonchev–Trinajstić information content (AvgIpc) is 3.15. The van der Waals surface area contributed by atoms with E-state index in [1.165, 1.54) is 7.05 Å². The van der Waals surface area contributed by atoms with E-state index in [9.17, 15) is 14.7 Å². The molecule has 0 spiro atoms. The van der Waals surface area contributed by atoms with Crippen molar-refractivity contribution in [3.63, 3.8) is 0 Å². The highest BCUT2D eigenvalue weighted by Crippen LogP contribution is 2.44. The predicted octanol–water partition coefficient (Wildman–Crippen LogP) is 4.93. The van der Waals surface area contributed by atoms with Gasteiger partial charge in [-0.05, 0) is 34.7 Å². The van der Waals surface area contributed by atoms with Crippen molar-refractivity contribution in [2.24, 2.45) is 0 Å². The van der Waals surface area contributed by atoms with Gasteiger partial charge in [0.2, 0.25) is 0 Å². The minimum atomic E-state index is -1.18. The van der Waals surface area contributed by atoms with E-state index in [0.717, 1.165) is 32.7 Å². The molecular weight excluding hydrogens is 418 g/mol. The summed E-state index contributed by atoms with van der Waals surface area (Å²) in [6, 6.07) is 24.4. The van der Waals surface area contributed by atoms with Gasteiger partial charge in [-0.1, -0.05) is 78.9 Å². The van der Waals surface area contributed by atoms with Crippen LogP contribution in [0.25, 0.3) is 11.1 Å². The van der Waals surface area contributed by atoms with Crippen molar-refractivity contribution in [3.05, 3.63) is 95.6 Å². The van der Waals surface area contributed by atoms with Crippen LogP contribution in [0.3, 0.4) is 0 Å². The van der Waals surface area contributed by atoms with E-state index in [4.69, 9.17) is 9.47 Å². The Bertz CT molecular complexity index is 1080. The van der Waals surface area contributed by atoms with Crippen LogP contribution in [0, 0.1) is 0 Å². The lowest BCUT2D eigenvalue weighted by Crippen LogP contribution is -2.49. The summed E-state index contributed by atoms with van der Waals surface area (Å²) in [5, 5.41) is 9.77. The first-order chi connectivity index (χ1) is 16.0. The molecule has 0 bridgehead atoms. The highest BCUT2D eigenvalue weighted by atomic mass is 16.6. The van der Waals surface area contributed by atoms with Crippen LogP contribution in [0.4, 0.5) is 4.79 Å². The molecule has 1 aliphatic carbocycles. The van der Waals surface area contributed by atoms with Crippen molar-refractivity contribution in [2.45, 2.75) is 31.6 Å². The quantitative estimate of drug-likeness (QED) is 0.532. The van der Waals surface area contributed by atoms with Crippen LogP contribution in [0.5, 0.6) is 0 Å². The van der Waals surface area contributed by atoms with E-state index in [1.54, 1.807) is 6.92 Å². The molecule has 0 aliphatic heterocycles. The number of fused-ring (bicyclic) bond motifs is 3. The molecule has 2 atom stereocenters. The van der Waals surface area contributed by atoms with Gasteiger partial charge >= 0.3 is 12.1 Å². The van der Waals surface area contributed by atoms with Gasteiger partial charge in [0.25, 0.3) is 0 Å². The Hall–Kier alpha value is -3.64. The van der Waals surface area contributed by atoms with E-state index in [0.29, 0.717) is 0 Å². The van der Waals surface area contributed by atoms with Crippen molar-refractivity contribution in [3.8, 4) is 11.1 Å². The van der Waals surface area contributed by atoms with Crippen LogP contribution in [0.1, 0.15) is 29.5 Å². The molecule has 1 aliphatic rings. The van der Waals surface area contributed by atoms with Gasteiger partial charge in [0.05, 0.1) is 12.7 Å². The third-order valence-electron chi connectivity index (χ3n) is 6.09. The Kier molecular flexibility index (Phi) is 6.75. The lowest BCUT2D eigenvalue weighted by molar-refractivity contribution is -0.148. The molecular formula is C27H27NO5. The second-order valence-corrected chi connectivity index (χ2v) is 8.20. The Morgan fingerprint density at radius 1 is 0.909 bits per heavy atom. The monoisotopic (exact) mass is 445 g/mol. The average molecular weight is 446 g/mol. The standard InChI is InChI=1S/C27H27NO5/c1-18(32-16-19-10-4-3-5-11-19)25(26(29)30)28(2)27(31)33-17-24-22-14-8-6-12-20(22)21-13-7-9-15-23(21)24/h3-15,18,24-25H,16-17H2,1-2H3,(H,29,30). The van der Waals surface area contributed by atoms with Crippen molar-refractivity contribution < 1.29 is 24.2 Å². The summed E-state index contributed by atoms with van der Waals surface area (Å²) in [6.07, 6.45) is -1.42. The lowest BCUT2D eigenvalue weighted by atomic mass is 9.98. The van der Waals surface area contributed by atoms with Crippen LogP contribution in [-0.2, 0) is 20.9 Å². The minimum Gasteiger partial charge on any atom is -0.480 e. The van der Waals surface area contributed by atoms with Crippen LogP contribution < -0.4 is 0 Å². The zero-order valence-corrected chi connectivity index (χ0v) is 18.7. The fourth-order valence-electron chi connectivity index (χ4n) is 4.38. The maximum atomic E-state index is 12.8. The maximum Gasteiger partial charge on any atom is 0.410 e. The molecule has 0 fully saturated rings. The fourth-order valence-corrected chi connectivity index (χ4v) is 4.38. The first-order valence-electron chi connectivity index (χ1n) is 10.9. The predicted molar refractivity (Wildman–Crippen MR) is 125 cm³/mol. The molecule has 2 unspecified atom stereocenters. The number of ether oxygens (including phenoxy) is 2. The number of benzene rings is 3. The van der Waals surface area contributed by atoms with Gasteiger partial charge in [-0.2, -0.15) is 0 Å². The summed E-state index contributed by atoms with van der Waals surface area (Å²) < 4.78 is 11.4. The number of carboxylic acids is 1. The van der Waals surface area contributed by atoms with E-state index in [2.05, 4.69) is 12.1 Å². The molecule has 1 amide bonds. The van der Waals surface area contributed by atoms with Gasteiger partial charge in [0.1, 0.15) is 6.61 Å². The highest BCUT2D eigenvalue weighted by Gasteiger charge is 2.35. The van der Waals surface area contributed by atoms with E-state index in [1.807, 2.05) is 66.7 Å². The third-order valence-corrected chi connectivity index (χ3v) is 6.09. The van der Waals surface area contributed by atoms with E-state index < -0.39 is 24.2 Å². The Morgan fingerprint density at radius 2 is 1.45 bits per heavy atom. The second kappa shape index (κ2) is 9.88. The summed E-state index contributed by atoms with van der Waals surface area (Å²) >= 11 is 0. The smallest absolute Gasteiger partial charge is 0.410 e. The Labute approximate surface area is 193 Å². The maximum absolute atomic E-state index is 12.8. The van der Waals surface area contributed by atoms with E-state index >= 15 is 0 Å². The Balaban J connectivity index is 1.42. The van der Waals surface area contributed by atoms with Gasteiger partial charge in [-0.3, -0.25) is 4.90 Å². The van der Waals surface area contributed by atoms with Crippen molar-refractivity contribution in [2.75, 3.05) is 13.7 Å². The first-order valence-corrected chi connectivity index (χ1v) is 10.9. The van der Waals surface area contributed by atoms with Gasteiger partial charge in [-0.15, -0.1) is 0 Å². The van der Waals surface area contributed by atoms with Crippen LogP contribution in [0.2, 0.25) is 0 Å². The number of hydrogen-bond donors (Lipinski definition) is 1. The Morgan fingerprint density at radius 3 is 2.03 bits per heavy atom. The number of hydrogen-bond acceptors (Lipinski definition) is 4. The molecule has 1 N–H and O–H groups in total. The van der Waals surface area contributed by atoms with Crippen molar-refractivity contribution in [1.29, 1.82) is 0 Å². The normalized spacial score (nSPS) is 14.1. The molecule has 170 valence electrons. The molecule has 33 heavy (non-hydrogen) atoms. The number of aliphatic carboxylic acids is 1. The molecule has 3 aromatic rings. The summed E-state index contributed by atoms with van der Waals surface area (Å²) in [5.41, 5.74) is 5.40.